The number of halogens is 2. The van der Waals surface area contributed by atoms with E-state index in [1.54, 1.807) is 33.8 Å². The molecule has 2 aromatic heterocycles. The lowest BCUT2D eigenvalue weighted by Gasteiger charge is -2.40. The van der Waals surface area contributed by atoms with Crippen LogP contribution in [0.25, 0.3) is 5.69 Å². The molecule has 0 aliphatic carbocycles. The van der Waals surface area contributed by atoms with Gasteiger partial charge >= 0.3 is 12.5 Å². The molecule has 0 bridgehead atoms. The van der Waals surface area contributed by atoms with Crippen LogP contribution in [0.2, 0.25) is 0 Å². The van der Waals surface area contributed by atoms with Gasteiger partial charge in [-0.1, -0.05) is 0 Å². The van der Waals surface area contributed by atoms with Gasteiger partial charge in [-0.3, -0.25) is 19.1 Å². The Labute approximate surface area is 188 Å². The number of rotatable bonds is 5. The number of aryl methyl sites for hydroxylation is 1. The van der Waals surface area contributed by atoms with Gasteiger partial charge in [0.25, 0.3) is 11.5 Å². The van der Waals surface area contributed by atoms with Gasteiger partial charge in [-0.15, -0.1) is 5.10 Å². The summed E-state index contributed by atoms with van der Waals surface area (Å²) >= 11 is 0. The van der Waals surface area contributed by atoms with Crippen molar-refractivity contribution in [3.63, 3.8) is 0 Å². The van der Waals surface area contributed by atoms with E-state index in [2.05, 4.69) is 5.10 Å². The van der Waals surface area contributed by atoms with Crippen molar-refractivity contribution in [2.24, 2.45) is 0 Å². The van der Waals surface area contributed by atoms with E-state index in [9.17, 15) is 28.3 Å². The first-order valence-electron chi connectivity index (χ1n) is 10.2. The minimum atomic E-state index is -3.02. The largest absolute Gasteiger partial charge is 0.458 e. The lowest BCUT2D eigenvalue weighted by molar-refractivity contribution is -0.191. The summed E-state index contributed by atoms with van der Waals surface area (Å²) in [4.78, 5) is 38.5. The molecule has 10 nitrogen and oxygen atoms in total. The van der Waals surface area contributed by atoms with Crippen molar-refractivity contribution < 1.29 is 33.0 Å². The molecule has 2 atom stereocenters. The Morgan fingerprint density at radius 2 is 1.97 bits per heavy atom. The highest BCUT2D eigenvalue weighted by Crippen LogP contribution is 2.29. The average molecular weight is 468 g/mol. The second kappa shape index (κ2) is 8.67. The lowest BCUT2D eigenvalue weighted by atomic mass is 9.95. The Bertz CT molecular complexity index is 1120. The third-order valence-electron chi connectivity index (χ3n) is 5.07. The molecule has 1 saturated heterocycles. The zero-order chi connectivity index (χ0) is 24.7. The number of hydrogen-bond donors (Lipinski definition) is 1. The van der Waals surface area contributed by atoms with Gasteiger partial charge in [-0.05, 0) is 40.7 Å². The Morgan fingerprint density at radius 3 is 2.58 bits per heavy atom. The molecule has 3 heterocycles. The van der Waals surface area contributed by atoms with Crippen molar-refractivity contribution in [3.05, 3.63) is 40.4 Å². The molecule has 0 aromatic carbocycles. The van der Waals surface area contributed by atoms with E-state index in [4.69, 9.17) is 9.47 Å². The van der Waals surface area contributed by atoms with E-state index in [-0.39, 0.29) is 29.2 Å². The SMILES string of the molecule is Cc1cc(N2CCO[C@](C)(C(O)C(=O)OC(C)(C)C)C2=O)nn1-c1ccc(=O)n(C(F)F)c1. The second-order valence-corrected chi connectivity index (χ2v) is 8.81. The Hall–Kier alpha value is -3.12. The van der Waals surface area contributed by atoms with Gasteiger partial charge in [0.1, 0.15) is 5.60 Å². The molecule has 1 N–H and O–H groups in total. The van der Waals surface area contributed by atoms with Crippen molar-refractivity contribution in [1.29, 1.82) is 0 Å². The van der Waals surface area contributed by atoms with Crippen molar-refractivity contribution >= 4 is 17.7 Å². The third-order valence-corrected chi connectivity index (χ3v) is 5.07. The van der Waals surface area contributed by atoms with Crippen LogP contribution in [0.4, 0.5) is 14.6 Å². The number of aromatic nitrogens is 3. The Kier molecular flexibility index (Phi) is 6.44. The average Bonchev–Trinajstić information content (AvgIpc) is 3.09. The van der Waals surface area contributed by atoms with Crippen LogP contribution in [0.1, 0.15) is 39.9 Å². The summed E-state index contributed by atoms with van der Waals surface area (Å²) in [7, 11) is 0. The number of pyridine rings is 1. The maximum Gasteiger partial charge on any atom is 0.339 e. The van der Waals surface area contributed by atoms with Gasteiger partial charge in [-0.2, -0.15) is 8.78 Å². The highest BCUT2D eigenvalue weighted by molar-refractivity contribution is 6.02. The molecular weight excluding hydrogens is 442 g/mol. The molecule has 1 aliphatic rings. The number of hydrogen-bond acceptors (Lipinski definition) is 7. The molecule has 0 radical (unpaired) electrons. The molecule has 1 aliphatic heterocycles. The van der Waals surface area contributed by atoms with Crippen LogP contribution in [0.5, 0.6) is 0 Å². The summed E-state index contributed by atoms with van der Waals surface area (Å²) in [5.41, 5.74) is -2.97. The fraction of sp³-hybridized carbons (Fsp3) is 0.524. The van der Waals surface area contributed by atoms with Crippen molar-refractivity contribution in [3.8, 4) is 5.69 Å². The second-order valence-electron chi connectivity index (χ2n) is 8.81. The number of carbonyl (C=O) groups excluding carboxylic acids is 2. The first-order chi connectivity index (χ1) is 15.2. The number of aliphatic hydroxyl groups is 1. The predicted molar refractivity (Wildman–Crippen MR) is 112 cm³/mol. The molecule has 0 saturated carbocycles. The fourth-order valence-corrected chi connectivity index (χ4v) is 3.40. The predicted octanol–water partition coefficient (Wildman–Crippen LogP) is 1.56. The van der Waals surface area contributed by atoms with E-state index in [0.717, 1.165) is 12.3 Å². The van der Waals surface area contributed by atoms with Crippen LogP contribution in [0.3, 0.4) is 0 Å². The Morgan fingerprint density at radius 1 is 1.30 bits per heavy atom. The van der Waals surface area contributed by atoms with Crippen molar-refractivity contribution in [2.75, 3.05) is 18.1 Å². The normalized spacial score (nSPS) is 20.3. The third kappa shape index (κ3) is 4.81. The van der Waals surface area contributed by atoms with E-state index < -0.39 is 41.3 Å². The molecule has 1 unspecified atom stereocenters. The molecule has 1 fully saturated rings. The maximum absolute atomic E-state index is 13.2. The molecular formula is C21H26F2N4O6. The minimum absolute atomic E-state index is 0.00423. The number of anilines is 1. The van der Waals surface area contributed by atoms with Crippen LogP contribution < -0.4 is 10.5 Å². The van der Waals surface area contributed by atoms with Crippen LogP contribution >= 0.6 is 0 Å². The highest BCUT2D eigenvalue weighted by Gasteiger charge is 2.52. The number of esters is 1. The molecule has 3 rings (SSSR count). The maximum atomic E-state index is 13.2. The van der Waals surface area contributed by atoms with Crippen molar-refractivity contribution in [1.82, 2.24) is 14.3 Å². The van der Waals surface area contributed by atoms with Gasteiger partial charge in [0.2, 0.25) is 0 Å². The quantitative estimate of drug-likeness (QED) is 0.662. The van der Waals surface area contributed by atoms with Gasteiger partial charge in [0, 0.05) is 24.0 Å². The topological polar surface area (TPSA) is 116 Å². The van der Waals surface area contributed by atoms with Crippen LogP contribution in [0, 0.1) is 6.92 Å². The van der Waals surface area contributed by atoms with Crippen molar-refractivity contribution in [2.45, 2.75) is 58.5 Å². The number of aliphatic hydroxyl groups excluding tert-OH is 1. The fourth-order valence-electron chi connectivity index (χ4n) is 3.40. The summed E-state index contributed by atoms with van der Waals surface area (Å²) in [6.45, 7) is 4.88. The minimum Gasteiger partial charge on any atom is -0.458 e. The standard InChI is InChI=1S/C21H26F2N4O6/c1-12-10-14(24-27(12)13-6-7-15(28)26(11-13)19(22)23)25-8-9-32-21(5,18(25)31)16(29)17(30)33-20(2,3)4/h6-7,10-11,16,19,29H,8-9H2,1-5H3/t16?,21-/m1/s1. The van der Waals surface area contributed by atoms with Crippen LogP contribution in [0.15, 0.2) is 29.2 Å². The number of carbonyl (C=O) groups is 2. The van der Waals surface area contributed by atoms with E-state index >= 15 is 0 Å². The molecule has 0 spiro atoms. The molecule has 12 heteroatoms. The van der Waals surface area contributed by atoms with Gasteiger partial charge in [-0.25, -0.2) is 9.48 Å². The number of ether oxygens (including phenoxy) is 2. The van der Waals surface area contributed by atoms with Gasteiger partial charge in [0.15, 0.2) is 17.5 Å². The van der Waals surface area contributed by atoms with Crippen LogP contribution in [-0.2, 0) is 19.1 Å². The summed E-state index contributed by atoms with van der Waals surface area (Å²) in [5, 5.41) is 14.9. The number of alkyl halides is 2. The summed E-state index contributed by atoms with van der Waals surface area (Å²) in [6.07, 6.45) is -0.918. The molecule has 2 aromatic rings. The Balaban J connectivity index is 1.92. The van der Waals surface area contributed by atoms with Crippen LogP contribution in [-0.4, -0.2) is 61.8 Å². The number of nitrogens with zero attached hydrogens (tertiary/aromatic N) is 4. The molecule has 1 amide bonds. The zero-order valence-electron chi connectivity index (χ0n) is 18.9. The monoisotopic (exact) mass is 468 g/mol. The van der Waals surface area contributed by atoms with E-state index in [1.165, 1.54) is 22.6 Å². The lowest BCUT2D eigenvalue weighted by Crippen LogP contribution is -2.63. The molecule has 180 valence electrons. The summed E-state index contributed by atoms with van der Waals surface area (Å²) in [6, 6.07) is 3.88. The summed E-state index contributed by atoms with van der Waals surface area (Å²) < 4.78 is 38.5. The first-order valence-corrected chi connectivity index (χ1v) is 10.2. The van der Waals surface area contributed by atoms with Gasteiger partial charge in [0.05, 0.1) is 18.8 Å². The smallest absolute Gasteiger partial charge is 0.339 e. The number of amides is 1. The first kappa shape index (κ1) is 24.5. The molecule has 33 heavy (non-hydrogen) atoms. The summed E-state index contributed by atoms with van der Waals surface area (Å²) in [5.74, 6) is -1.55. The number of morpholine rings is 1. The van der Waals surface area contributed by atoms with E-state index in [1.807, 2.05) is 0 Å². The zero-order valence-corrected chi connectivity index (χ0v) is 18.9. The van der Waals surface area contributed by atoms with Gasteiger partial charge < -0.3 is 14.6 Å². The highest BCUT2D eigenvalue weighted by atomic mass is 19.3. The van der Waals surface area contributed by atoms with E-state index in [0.29, 0.717) is 5.69 Å².